The Hall–Kier alpha value is -1.84. The monoisotopic (exact) mass is 305 g/mol. The zero-order valence-corrected chi connectivity index (χ0v) is 12.8. The lowest BCUT2D eigenvalue weighted by Gasteiger charge is -2.28. The van der Waals surface area contributed by atoms with Crippen molar-refractivity contribution in [1.82, 2.24) is 19.7 Å². The minimum Gasteiger partial charge on any atom is -0.378 e. The summed E-state index contributed by atoms with van der Waals surface area (Å²) < 4.78 is 7.21. The van der Waals surface area contributed by atoms with Gasteiger partial charge in [-0.15, -0.1) is 0 Å². The number of morpholine rings is 1. The fourth-order valence-corrected chi connectivity index (χ4v) is 2.62. The molecule has 7 heteroatoms. The van der Waals surface area contributed by atoms with E-state index in [0.29, 0.717) is 25.5 Å². The minimum atomic E-state index is 0.231. The van der Waals surface area contributed by atoms with Crippen molar-refractivity contribution in [2.75, 3.05) is 31.2 Å². The van der Waals surface area contributed by atoms with Crippen molar-refractivity contribution in [2.45, 2.75) is 20.4 Å². The first-order valence-corrected chi connectivity index (χ1v) is 7.32. The molecule has 0 radical (unpaired) electrons. The molecule has 0 N–H and O–H groups in total. The smallest absolute Gasteiger partial charge is 0.226 e. The topological polar surface area (TPSA) is 56.1 Å². The number of fused-ring (bicyclic) bond motifs is 1. The van der Waals surface area contributed by atoms with Crippen LogP contribution in [0.3, 0.4) is 0 Å². The molecular formula is C14H16ClN5O. The van der Waals surface area contributed by atoms with Crippen molar-refractivity contribution in [3.63, 3.8) is 0 Å². The highest BCUT2D eigenvalue weighted by molar-refractivity contribution is 6.28. The largest absolute Gasteiger partial charge is 0.378 e. The van der Waals surface area contributed by atoms with Gasteiger partial charge in [0.1, 0.15) is 11.5 Å². The van der Waals surface area contributed by atoms with Crippen LogP contribution in [0.15, 0.2) is 0 Å². The third-order valence-corrected chi connectivity index (χ3v) is 3.57. The highest BCUT2D eigenvalue weighted by Crippen LogP contribution is 2.28. The third kappa shape index (κ3) is 2.55. The van der Waals surface area contributed by atoms with Crippen molar-refractivity contribution >= 4 is 28.5 Å². The maximum Gasteiger partial charge on any atom is 0.226 e. The van der Waals surface area contributed by atoms with E-state index in [-0.39, 0.29) is 5.28 Å². The molecule has 0 spiro atoms. The molecule has 0 aromatic carbocycles. The van der Waals surface area contributed by atoms with Gasteiger partial charge >= 0.3 is 0 Å². The first-order chi connectivity index (χ1) is 10.2. The molecule has 0 bridgehead atoms. The maximum absolute atomic E-state index is 6.10. The van der Waals surface area contributed by atoms with Gasteiger partial charge in [-0.2, -0.15) is 15.1 Å². The fourth-order valence-electron chi connectivity index (χ4n) is 2.46. The number of rotatable bonds is 2. The molecule has 3 heterocycles. The maximum atomic E-state index is 6.10. The van der Waals surface area contributed by atoms with Crippen LogP contribution >= 0.6 is 11.6 Å². The zero-order valence-electron chi connectivity index (χ0n) is 12.1. The van der Waals surface area contributed by atoms with Crippen LogP contribution in [0.5, 0.6) is 0 Å². The second kappa shape index (κ2) is 5.88. The van der Waals surface area contributed by atoms with Crippen molar-refractivity contribution < 1.29 is 4.74 Å². The average molecular weight is 306 g/mol. The molecule has 21 heavy (non-hydrogen) atoms. The van der Waals surface area contributed by atoms with E-state index in [4.69, 9.17) is 16.3 Å². The summed E-state index contributed by atoms with van der Waals surface area (Å²) in [5, 5.41) is 5.62. The summed E-state index contributed by atoms with van der Waals surface area (Å²) in [6.07, 6.45) is 0. The van der Waals surface area contributed by atoms with Gasteiger partial charge in [0.2, 0.25) is 5.28 Å². The van der Waals surface area contributed by atoms with Crippen molar-refractivity contribution in [3.8, 4) is 11.8 Å². The molecule has 2 aromatic rings. The van der Waals surface area contributed by atoms with Crippen molar-refractivity contribution in [2.24, 2.45) is 0 Å². The Balaban J connectivity index is 2.25. The molecule has 6 nitrogen and oxygen atoms in total. The number of aryl methyl sites for hydroxylation is 1. The number of hydrogen-bond donors (Lipinski definition) is 0. The predicted octanol–water partition coefficient (Wildman–Crippen LogP) is 1.71. The molecule has 1 saturated heterocycles. The molecule has 0 saturated carbocycles. The zero-order chi connectivity index (χ0) is 14.8. The summed E-state index contributed by atoms with van der Waals surface area (Å²) in [6, 6.07) is 0. The molecule has 0 unspecified atom stereocenters. The number of hydrogen-bond acceptors (Lipinski definition) is 5. The molecular weight excluding hydrogens is 290 g/mol. The van der Waals surface area contributed by atoms with E-state index >= 15 is 0 Å². The lowest BCUT2D eigenvalue weighted by molar-refractivity contribution is 0.122. The van der Waals surface area contributed by atoms with Gasteiger partial charge in [-0.1, -0.05) is 5.92 Å². The predicted molar refractivity (Wildman–Crippen MR) is 81.6 cm³/mol. The Kier molecular flexibility index (Phi) is 3.95. The van der Waals surface area contributed by atoms with Gasteiger partial charge in [0.15, 0.2) is 5.65 Å². The van der Waals surface area contributed by atoms with Crippen molar-refractivity contribution in [1.29, 1.82) is 0 Å². The van der Waals surface area contributed by atoms with Crippen LogP contribution in [-0.2, 0) is 11.3 Å². The molecule has 0 aliphatic carbocycles. The van der Waals surface area contributed by atoms with Gasteiger partial charge in [0.25, 0.3) is 0 Å². The molecule has 1 fully saturated rings. The van der Waals surface area contributed by atoms with Crippen LogP contribution in [0.1, 0.15) is 19.5 Å². The lowest BCUT2D eigenvalue weighted by atomic mass is 10.2. The Labute approximate surface area is 128 Å². The first kappa shape index (κ1) is 14.1. The highest BCUT2D eigenvalue weighted by atomic mass is 35.5. The van der Waals surface area contributed by atoms with Gasteiger partial charge in [0, 0.05) is 19.6 Å². The van der Waals surface area contributed by atoms with Gasteiger partial charge in [-0.3, -0.25) is 0 Å². The van der Waals surface area contributed by atoms with E-state index in [2.05, 4.69) is 31.8 Å². The second-order valence-corrected chi connectivity index (χ2v) is 4.99. The summed E-state index contributed by atoms with van der Waals surface area (Å²) in [5.41, 5.74) is 1.43. The number of ether oxygens (including phenoxy) is 1. The molecule has 0 atom stereocenters. The van der Waals surface area contributed by atoms with E-state index in [1.54, 1.807) is 6.92 Å². The number of halogens is 1. The Bertz CT molecular complexity index is 724. The van der Waals surface area contributed by atoms with E-state index in [9.17, 15) is 0 Å². The normalized spacial score (nSPS) is 15.1. The van der Waals surface area contributed by atoms with Gasteiger partial charge in [-0.05, 0) is 31.4 Å². The summed E-state index contributed by atoms with van der Waals surface area (Å²) in [7, 11) is 0. The summed E-state index contributed by atoms with van der Waals surface area (Å²) >= 11 is 6.10. The fraction of sp³-hybridized carbons (Fsp3) is 0.500. The lowest BCUT2D eigenvalue weighted by Crippen LogP contribution is -2.37. The van der Waals surface area contributed by atoms with Crippen LogP contribution in [0.4, 0.5) is 5.82 Å². The van der Waals surface area contributed by atoms with Gasteiger partial charge in [-0.25, -0.2) is 4.68 Å². The van der Waals surface area contributed by atoms with Crippen molar-refractivity contribution in [3.05, 3.63) is 11.0 Å². The molecule has 0 amide bonds. The first-order valence-electron chi connectivity index (χ1n) is 6.94. The highest BCUT2D eigenvalue weighted by Gasteiger charge is 2.22. The number of aromatic nitrogens is 4. The quantitative estimate of drug-likeness (QED) is 0.624. The molecule has 110 valence electrons. The van der Waals surface area contributed by atoms with Crippen LogP contribution < -0.4 is 4.90 Å². The SMILES string of the molecule is CC#Cc1nn(CC)c2nc(Cl)nc(N3CCOCC3)c12. The van der Waals surface area contributed by atoms with Crippen LogP contribution in [0.2, 0.25) is 5.28 Å². The van der Waals surface area contributed by atoms with E-state index < -0.39 is 0 Å². The Morgan fingerprint density at radius 1 is 1.29 bits per heavy atom. The van der Waals surface area contributed by atoms with Gasteiger partial charge in [0.05, 0.1) is 18.6 Å². The van der Waals surface area contributed by atoms with Crippen LogP contribution in [0.25, 0.3) is 11.0 Å². The average Bonchev–Trinajstić information content (AvgIpc) is 2.85. The van der Waals surface area contributed by atoms with Gasteiger partial charge < -0.3 is 9.64 Å². The number of nitrogens with zero attached hydrogens (tertiary/aromatic N) is 5. The Morgan fingerprint density at radius 3 is 2.71 bits per heavy atom. The van der Waals surface area contributed by atoms with E-state index in [1.807, 2.05) is 11.6 Å². The second-order valence-electron chi connectivity index (χ2n) is 4.65. The summed E-state index contributed by atoms with van der Waals surface area (Å²) in [5.74, 6) is 6.74. The minimum absolute atomic E-state index is 0.231. The molecule has 1 aliphatic heterocycles. The van der Waals surface area contributed by atoms with Crippen LogP contribution in [-0.4, -0.2) is 46.1 Å². The summed E-state index contributed by atoms with van der Waals surface area (Å²) in [6.45, 7) is 7.43. The number of anilines is 1. The van der Waals surface area contributed by atoms with Crippen LogP contribution in [0, 0.1) is 11.8 Å². The standard InChI is InChI=1S/C14H16ClN5O/c1-3-5-10-11-12(19-6-8-21-9-7-19)16-14(15)17-13(11)20(4-2)18-10/h4,6-9H2,1-2H3. The third-order valence-electron chi connectivity index (χ3n) is 3.40. The molecule has 1 aliphatic rings. The van der Waals surface area contributed by atoms with E-state index in [0.717, 1.165) is 29.9 Å². The molecule has 2 aromatic heterocycles. The molecule has 3 rings (SSSR count). The van der Waals surface area contributed by atoms with E-state index in [1.165, 1.54) is 0 Å². The Morgan fingerprint density at radius 2 is 2.05 bits per heavy atom. The summed E-state index contributed by atoms with van der Waals surface area (Å²) in [4.78, 5) is 10.9.